The summed E-state index contributed by atoms with van der Waals surface area (Å²) in [4.78, 5) is 23.1. The molecule has 0 aliphatic carbocycles. The number of H-pyrrole nitrogens is 1. The zero-order valence-corrected chi connectivity index (χ0v) is 12.3. The smallest absolute Gasteiger partial charge is 0.169 e. The van der Waals surface area contributed by atoms with Crippen molar-refractivity contribution in [2.45, 2.75) is 33.2 Å². The number of ketones is 1. The van der Waals surface area contributed by atoms with Gasteiger partial charge in [-0.05, 0) is 27.2 Å². The minimum atomic E-state index is -0.231. The van der Waals surface area contributed by atoms with Gasteiger partial charge in [-0.25, -0.2) is 9.97 Å². The first-order valence-electron chi connectivity index (χ1n) is 6.72. The molecule has 6 nitrogen and oxygen atoms in total. The first-order chi connectivity index (χ1) is 10.0. The van der Waals surface area contributed by atoms with Crippen LogP contribution in [0.25, 0.3) is 11.2 Å². The molecule has 2 aromatic rings. The summed E-state index contributed by atoms with van der Waals surface area (Å²) in [5.41, 5.74) is 2.50. The van der Waals surface area contributed by atoms with Gasteiger partial charge >= 0.3 is 0 Å². The summed E-state index contributed by atoms with van der Waals surface area (Å²) in [7, 11) is 0. The van der Waals surface area contributed by atoms with Crippen molar-refractivity contribution in [3.63, 3.8) is 0 Å². The highest BCUT2D eigenvalue weighted by Crippen LogP contribution is 2.18. The molecule has 2 N–H and O–H groups in total. The monoisotopic (exact) mass is 283 g/mol. The third-order valence-corrected chi connectivity index (χ3v) is 2.92. The molecule has 0 saturated carbocycles. The predicted octanol–water partition coefficient (Wildman–Crippen LogP) is 2.36. The van der Waals surface area contributed by atoms with Gasteiger partial charge in [0, 0.05) is 17.8 Å². The summed E-state index contributed by atoms with van der Waals surface area (Å²) in [6.45, 7) is 5.44. The van der Waals surface area contributed by atoms with Crippen LogP contribution in [0, 0.1) is 11.3 Å². The highest BCUT2D eigenvalue weighted by atomic mass is 16.1. The Bertz CT molecular complexity index is 736. The highest BCUT2D eigenvalue weighted by molar-refractivity contribution is 5.97. The average molecular weight is 283 g/mol. The molecular weight excluding hydrogens is 266 g/mol. The molecule has 0 saturated heterocycles. The number of nitrogens with one attached hydrogen (secondary N) is 2. The van der Waals surface area contributed by atoms with Crippen LogP contribution in [0.2, 0.25) is 0 Å². The molecule has 2 heterocycles. The van der Waals surface area contributed by atoms with Crippen LogP contribution in [0.1, 0.15) is 26.3 Å². The molecule has 0 aliphatic rings. The lowest BCUT2D eigenvalue weighted by molar-refractivity contribution is -0.113. The standard InChI is InChI=1S/C15H17N5O/c1-9(2)19-13-8-18-15-14(20-13)12(7-17-15)5-4-11(6-16)10(3)21/h4,7-9H,5H2,1-3H3,(H,17,18)(H,19,20). The van der Waals surface area contributed by atoms with E-state index in [4.69, 9.17) is 5.26 Å². The van der Waals surface area contributed by atoms with Gasteiger partial charge in [-0.2, -0.15) is 5.26 Å². The van der Waals surface area contributed by atoms with Crippen LogP contribution in [0.4, 0.5) is 5.82 Å². The summed E-state index contributed by atoms with van der Waals surface area (Å²) in [5, 5.41) is 12.1. The van der Waals surface area contributed by atoms with Crippen molar-refractivity contribution in [2.24, 2.45) is 0 Å². The number of hydrogen-bond acceptors (Lipinski definition) is 5. The molecule has 0 bridgehead atoms. The van der Waals surface area contributed by atoms with Gasteiger partial charge in [-0.15, -0.1) is 0 Å². The Morgan fingerprint density at radius 1 is 1.57 bits per heavy atom. The fraction of sp³-hybridized carbons (Fsp3) is 0.333. The van der Waals surface area contributed by atoms with E-state index in [0.717, 1.165) is 11.1 Å². The second-order valence-corrected chi connectivity index (χ2v) is 5.06. The summed E-state index contributed by atoms with van der Waals surface area (Å²) >= 11 is 0. The van der Waals surface area contributed by atoms with Crippen molar-refractivity contribution in [3.05, 3.63) is 29.6 Å². The van der Waals surface area contributed by atoms with E-state index in [1.54, 1.807) is 18.5 Å². The quantitative estimate of drug-likeness (QED) is 0.649. The van der Waals surface area contributed by atoms with Crippen LogP contribution in [0.3, 0.4) is 0 Å². The maximum absolute atomic E-state index is 11.2. The second kappa shape index (κ2) is 6.18. The van der Waals surface area contributed by atoms with Gasteiger partial charge in [0.25, 0.3) is 0 Å². The van der Waals surface area contributed by atoms with E-state index >= 15 is 0 Å². The molecular formula is C15H17N5O. The van der Waals surface area contributed by atoms with Crippen molar-refractivity contribution in [3.8, 4) is 6.07 Å². The van der Waals surface area contributed by atoms with Crippen molar-refractivity contribution in [1.82, 2.24) is 15.0 Å². The van der Waals surface area contributed by atoms with Gasteiger partial charge in [0.15, 0.2) is 11.4 Å². The second-order valence-electron chi connectivity index (χ2n) is 5.06. The molecule has 0 fully saturated rings. The third kappa shape index (κ3) is 3.45. The van der Waals surface area contributed by atoms with Crippen molar-refractivity contribution >= 4 is 22.8 Å². The number of nitrogens with zero attached hydrogens (tertiary/aromatic N) is 3. The zero-order valence-electron chi connectivity index (χ0n) is 12.3. The molecule has 0 aliphatic heterocycles. The van der Waals surface area contributed by atoms with Crippen LogP contribution < -0.4 is 5.32 Å². The summed E-state index contributed by atoms with van der Waals surface area (Å²) in [6, 6.07) is 2.17. The van der Waals surface area contributed by atoms with Gasteiger partial charge in [0.2, 0.25) is 0 Å². The first-order valence-corrected chi connectivity index (χ1v) is 6.72. The molecule has 0 radical (unpaired) electrons. The number of rotatable bonds is 5. The topological polar surface area (TPSA) is 94.5 Å². The van der Waals surface area contributed by atoms with Gasteiger partial charge in [-0.1, -0.05) is 6.08 Å². The van der Waals surface area contributed by atoms with Crippen LogP contribution >= 0.6 is 0 Å². The minimum absolute atomic E-state index is 0.161. The lowest BCUT2D eigenvalue weighted by Crippen LogP contribution is -2.11. The van der Waals surface area contributed by atoms with Crippen LogP contribution in [-0.4, -0.2) is 26.8 Å². The van der Waals surface area contributed by atoms with E-state index < -0.39 is 0 Å². The average Bonchev–Trinajstić information content (AvgIpc) is 2.81. The normalized spacial score (nSPS) is 11.7. The molecule has 108 valence electrons. The first kappa shape index (κ1) is 14.7. The number of hydrogen-bond donors (Lipinski definition) is 2. The number of carbonyl (C=O) groups is 1. The van der Waals surface area contributed by atoms with Gasteiger partial charge < -0.3 is 10.3 Å². The van der Waals surface area contributed by atoms with E-state index in [0.29, 0.717) is 17.9 Å². The summed E-state index contributed by atoms with van der Waals surface area (Å²) < 4.78 is 0. The van der Waals surface area contributed by atoms with E-state index in [1.807, 2.05) is 19.9 Å². The number of Topliss-reactive ketones (excluding diaryl/α,β-unsaturated/α-hetero) is 1. The van der Waals surface area contributed by atoms with Gasteiger partial charge in [0.05, 0.1) is 11.8 Å². The van der Waals surface area contributed by atoms with Gasteiger partial charge in [0.1, 0.15) is 17.4 Å². The van der Waals surface area contributed by atoms with Crippen LogP contribution in [-0.2, 0) is 11.2 Å². The molecule has 0 spiro atoms. The lowest BCUT2D eigenvalue weighted by atomic mass is 10.1. The zero-order chi connectivity index (χ0) is 15.4. The number of carbonyl (C=O) groups excluding carboxylic acids is 1. The third-order valence-electron chi connectivity index (χ3n) is 2.92. The van der Waals surface area contributed by atoms with Crippen LogP contribution in [0.15, 0.2) is 24.0 Å². The SMILES string of the molecule is CC(=O)C(C#N)=CCc1c[nH]c2ncc(NC(C)C)nc12. The Morgan fingerprint density at radius 2 is 2.33 bits per heavy atom. The number of aromatic nitrogens is 3. The Balaban J connectivity index is 2.32. The molecule has 0 aromatic carbocycles. The molecule has 6 heteroatoms. The van der Waals surface area contributed by atoms with Gasteiger partial charge in [-0.3, -0.25) is 4.79 Å². The lowest BCUT2D eigenvalue weighted by Gasteiger charge is -2.08. The summed E-state index contributed by atoms with van der Waals surface area (Å²) in [6.07, 6.45) is 5.56. The number of nitriles is 1. The van der Waals surface area contributed by atoms with Crippen molar-refractivity contribution in [1.29, 1.82) is 5.26 Å². The number of anilines is 1. The molecule has 2 rings (SSSR count). The molecule has 0 atom stereocenters. The summed E-state index contributed by atoms with van der Waals surface area (Å²) in [5.74, 6) is 0.472. The Hall–Kier alpha value is -2.68. The molecule has 0 amide bonds. The molecule has 2 aromatic heterocycles. The van der Waals surface area contributed by atoms with Crippen molar-refractivity contribution < 1.29 is 4.79 Å². The molecule has 21 heavy (non-hydrogen) atoms. The largest absolute Gasteiger partial charge is 0.367 e. The fourth-order valence-electron chi connectivity index (χ4n) is 1.94. The number of aromatic amines is 1. The predicted molar refractivity (Wildman–Crippen MR) is 80.7 cm³/mol. The van der Waals surface area contributed by atoms with E-state index in [2.05, 4.69) is 20.3 Å². The highest BCUT2D eigenvalue weighted by Gasteiger charge is 2.09. The Kier molecular flexibility index (Phi) is 4.33. The minimum Gasteiger partial charge on any atom is -0.367 e. The van der Waals surface area contributed by atoms with E-state index in [9.17, 15) is 4.79 Å². The van der Waals surface area contributed by atoms with Crippen LogP contribution in [0.5, 0.6) is 0 Å². The van der Waals surface area contributed by atoms with E-state index in [-0.39, 0.29) is 17.4 Å². The molecule has 0 unspecified atom stereocenters. The number of fused-ring (bicyclic) bond motifs is 1. The maximum atomic E-state index is 11.2. The number of allylic oxidation sites excluding steroid dienone is 2. The Morgan fingerprint density at radius 3 is 2.95 bits per heavy atom. The van der Waals surface area contributed by atoms with E-state index in [1.165, 1.54) is 6.92 Å². The Labute approximate surface area is 122 Å². The maximum Gasteiger partial charge on any atom is 0.169 e. The van der Waals surface area contributed by atoms with Crippen molar-refractivity contribution in [2.75, 3.05) is 5.32 Å². The fourth-order valence-corrected chi connectivity index (χ4v) is 1.94.